The molecule has 0 spiro atoms. The highest BCUT2D eigenvalue weighted by atomic mass is 19.2. The molecule has 1 amide bonds. The average Bonchev–Trinajstić information content (AvgIpc) is 3.14. The molecule has 98 valence electrons. The van der Waals surface area contributed by atoms with Crippen LogP contribution in [-0.2, 0) is 0 Å². The van der Waals surface area contributed by atoms with Crippen LogP contribution in [0.3, 0.4) is 0 Å². The Morgan fingerprint density at radius 2 is 1.83 bits per heavy atom. The fourth-order valence-corrected chi connectivity index (χ4v) is 1.79. The topological polar surface area (TPSA) is 40.5 Å². The second-order valence-electron chi connectivity index (χ2n) is 4.20. The third-order valence-corrected chi connectivity index (χ3v) is 2.83. The van der Waals surface area contributed by atoms with Gasteiger partial charge in [0, 0.05) is 18.7 Å². The lowest BCUT2D eigenvalue weighted by Crippen LogP contribution is -2.36. The average molecular weight is 259 g/mol. The molecule has 0 atom stereocenters. The van der Waals surface area contributed by atoms with Crippen LogP contribution in [-0.4, -0.2) is 35.1 Å². The Morgan fingerprint density at radius 3 is 2.39 bits per heavy atom. The van der Waals surface area contributed by atoms with E-state index < -0.39 is 28.9 Å². The van der Waals surface area contributed by atoms with Gasteiger partial charge in [0.2, 0.25) is 0 Å². The molecule has 3 nitrogen and oxygen atoms in total. The van der Waals surface area contributed by atoms with E-state index in [1.165, 1.54) is 4.90 Å². The summed E-state index contributed by atoms with van der Waals surface area (Å²) >= 11 is 0. The maximum Gasteiger partial charge on any atom is 0.257 e. The van der Waals surface area contributed by atoms with E-state index in [1.807, 2.05) is 0 Å². The van der Waals surface area contributed by atoms with Crippen molar-refractivity contribution in [3.05, 3.63) is 35.1 Å². The lowest BCUT2D eigenvalue weighted by atomic mass is 10.1. The molecule has 1 aliphatic rings. The third kappa shape index (κ3) is 2.48. The maximum atomic E-state index is 13.4. The van der Waals surface area contributed by atoms with Crippen molar-refractivity contribution in [3.63, 3.8) is 0 Å². The summed E-state index contributed by atoms with van der Waals surface area (Å²) in [5.41, 5.74) is -0.505. The summed E-state index contributed by atoms with van der Waals surface area (Å²) in [6.45, 7) is -0.199. The number of rotatable bonds is 4. The molecule has 1 aliphatic carbocycles. The van der Waals surface area contributed by atoms with Crippen molar-refractivity contribution in [2.75, 3.05) is 13.2 Å². The largest absolute Gasteiger partial charge is 0.395 e. The van der Waals surface area contributed by atoms with E-state index >= 15 is 0 Å². The first kappa shape index (κ1) is 12.9. The molecule has 0 aliphatic heterocycles. The number of amides is 1. The molecule has 1 N–H and O–H groups in total. The molecule has 0 heterocycles. The molecule has 1 aromatic carbocycles. The molecule has 1 saturated carbocycles. The first-order chi connectivity index (χ1) is 8.54. The number of carbonyl (C=O) groups excluding carboxylic acids is 1. The zero-order valence-electron chi connectivity index (χ0n) is 9.50. The molecule has 0 saturated heterocycles. The number of hydrogen-bond donors (Lipinski definition) is 1. The van der Waals surface area contributed by atoms with Gasteiger partial charge in [-0.1, -0.05) is 0 Å². The number of aliphatic hydroxyl groups is 1. The van der Waals surface area contributed by atoms with Crippen LogP contribution in [0.25, 0.3) is 0 Å². The van der Waals surface area contributed by atoms with Gasteiger partial charge in [0.15, 0.2) is 11.6 Å². The Hall–Kier alpha value is -1.56. The van der Waals surface area contributed by atoms with E-state index in [2.05, 4.69) is 0 Å². The lowest BCUT2D eigenvalue weighted by molar-refractivity contribution is 0.0702. The molecule has 0 radical (unpaired) electrons. The number of hydrogen-bond acceptors (Lipinski definition) is 2. The highest BCUT2D eigenvalue weighted by Gasteiger charge is 2.34. The van der Waals surface area contributed by atoms with E-state index in [-0.39, 0.29) is 19.2 Å². The second kappa shape index (κ2) is 4.97. The highest BCUT2D eigenvalue weighted by Crippen LogP contribution is 2.28. The minimum atomic E-state index is -1.33. The number of aliphatic hydroxyl groups excluding tert-OH is 1. The summed E-state index contributed by atoms with van der Waals surface area (Å²) in [6, 6.07) is 0.865. The molecule has 2 rings (SSSR count). The molecule has 0 unspecified atom stereocenters. The first-order valence-electron chi connectivity index (χ1n) is 5.61. The van der Waals surface area contributed by atoms with Gasteiger partial charge in [0.1, 0.15) is 5.82 Å². The van der Waals surface area contributed by atoms with Gasteiger partial charge in [-0.15, -0.1) is 0 Å². The van der Waals surface area contributed by atoms with Gasteiger partial charge < -0.3 is 10.0 Å². The normalized spacial score (nSPS) is 14.7. The number of benzene rings is 1. The van der Waals surface area contributed by atoms with Gasteiger partial charge >= 0.3 is 0 Å². The molecule has 1 aromatic rings. The number of nitrogens with zero attached hydrogens (tertiary/aromatic N) is 1. The Kier molecular flexibility index (Phi) is 3.56. The van der Waals surface area contributed by atoms with Gasteiger partial charge in [-0.05, 0) is 18.9 Å². The highest BCUT2D eigenvalue weighted by molar-refractivity contribution is 5.95. The summed E-state index contributed by atoms with van der Waals surface area (Å²) in [6.07, 6.45) is 1.55. The van der Waals surface area contributed by atoms with E-state index in [4.69, 9.17) is 5.11 Å². The zero-order valence-corrected chi connectivity index (χ0v) is 9.50. The number of carbonyl (C=O) groups is 1. The molecule has 1 fully saturated rings. The van der Waals surface area contributed by atoms with Crippen molar-refractivity contribution in [1.82, 2.24) is 4.90 Å². The molecular formula is C12H12F3NO2. The predicted octanol–water partition coefficient (Wildman–Crippen LogP) is 1.70. The summed E-state index contributed by atoms with van der Waals surface area (Å²) in [7, 11) is 0. The molecule has 0 aromatic heterocycles. The quantitative estimate of drug-likeness (QED) is 0.836. The van der Waals surface area contributed by atoms with Gasteiger partial charge in [-0.2, -0.15) is 0 Å². The Bertz CT molecular complexity index is 475. The van der Waals surface area contributed by atoms with Crippen LogP contribution >= 0.6 is 0 Å². The van der Waals surface area contributed by atoms with Crippen molar-refractivity contribution >= 4 is 5.91 Å². The third-order valence-electron chi connectivity index (χ3n) is 2.83. The molecule has 6 heteroatoms. The van der Waals surface area contributed by atoms with Crippen LogP contribution in [0.15, 0.2) is 12.1 Å². The standard InChI is InChI=1S/C12H12F3NO2/c13-9-6-11(15)10(14)5-8(9)12(18)16(3-4-17)7-1-2-7/h5-7,17H,1-4H2. The van der Waals surface area contributed by atoms with E-state index in [1.54, 1.807) is 0 Å². The zero-order chi connectivity index (χ0) is 13.3. The molecule has 18 heavy (non-hydrogen) atoms. The van der Waals surface area contributed by atoms with Crippen molar-refractivity contribution in [3.8, 4) is 0 Å². The van der Waals surface area contributed by atoms with Crippen LogP contribution in [0.2, 0.25) is 0 Å². The van der Waals surface area contributed by atoms with Gasteiger partial charge in [0.05, 0.1) is 12.2 Å². The summed E-state index contributed by atoms with van der Waals surface area (Å²) in [5, 5.41) is 8.86. The van der Waals surface area contributed by atoms with Crippen LogP contribution in [0, 0.1) is 17.5 Å². The second-order valence-corrected chi connectivity index (χ2v) is 4.20. The Morgan fingerprint density at radius 1 is 1.22 bits per heavy atom. The van der Waals surface area contributed by atoms with E-state index in [9.17, 15) is 18.0 Å². The van der Waals surface area contributed by atoms with Crippen LogP contribution in [0.1, 0.15) is 23.2 Å². The Labute approximate surface area is 102 Å². The van der Waals surface area contributed by atoms with Crippen molar-refractivity contribution in [2.45, 2.75) is 18.9 Å². The van der Waals surface area contributed by atoms with E-state index in [0.717, 1.165) is 12.8 Å². The van der Waals surface area contributed by atoms with Crippen LogP contribution < -0.4 is 0 Å². The summed E-state index contributed by atoms with van der Waals surface area (Å²) in [4.78, 5) is 13.3. The van der Waals surface area contributed by atoms with E-state index in [0.29, 0.717) is 12.1 Å². The fourth-order valence-electron chi connectivity index (χ4n) is 1.79. The van der Waals surface area contributed by atoms with Crippen LogP contribution in [0.4, 0.5) is 13.2 Å². The lowest BCUT2D eigenvalue weighted by Gasteiger charge is -2.21. The van der Waals surface area contributed by atoms with Crippen molar-refractivity contribution in [2.24, 2.45) is 0 Å². The van der Waals surface area contributed by atoms with Gasteiger partial charge in [-0.25, -0.2) is 13.2 Å². The van der Waals surface area contributed by atoms with Crippen LogP contribution in [0.5, 0.6) is 0 Å². The van der Waals surface area contributed by atoms with Gasteiger partial charge in [0.25, 0.3) is 5.91 Å². The minimum absolute atomic E-state index is 0.0443. The predicted molar refractivity (Wildman–Crippen MR) is 57.5 cm³/mol. The summed E-state index contributed by atoms with van der Waals surface area (Å²) in [5.74, 6) is -4.41. The van der Waals surface area contributed by atoms with Crippen molar-refractivity contribution < 1.29 is 23.1 Å². The maximum absolute atomic E-state index is 13.4. The summed E-state index contributed by atoms with van der Waals surface area (Å²) < 4.78 is 39.2. The van der Waals surface area contributed by atoms with Gasteiger partial charge in [-0.3, -0.25) is 4.79 Å². The molecular weight excluding hydrogens is 247 g/mol. The Balaban J connectivity index is 2.29. The molecule has 0 bridgehead atoms. The smallest absolute Gasteiger partial charge is 0.257 e. The fraction of sp³-hybridized carbons (Fsp3) is 0.417. The number of halogens is 3. The van der Waals surface area contributed by atoms with Crippen molar-refractivity contribution in [1.29, 1.82) is 0 Å². The SMILES string of the molecule is O=C(c1cc(F)c(F)cc1F)N(CCO)C1CC1. The monoisotopic (exact) mass is 259 g/mol. The minimum Gasteiger partial charge on any atom is -0.395 e. The first-order valence-corrected chi connectivity index (χ1v) is 5.61.